The summed E-state index contributed by atoms with van der Waals surface area (Å²) in [4.78, 5) is 30.2. The van der Waals surface area contributed by atoms with E-state index < -0.39 is 5.97 Å². The van der Waals surface area contributed by atoms with Crippen molar-refractivity contribution < 1.29 is 23.8 Å². The van der Waals surface area contributed by atoms with E-state index in [1.807, 2.05) is 54.6 Å². The van der Waals surface area contributed by atoms with Gasteiger partial charge in [0.25, 0.3) is 0 Å². The molecule has 2 heterocycles. The number of thiazole rings is 1. The molecule has 0 spiro atoms. The Kier molecular flexibility index (Phi) is 15.5. The Bertz CT molecular complexity index is 1750. The second-order valence-electron chi connectivity index (χ2n) is 12.5. The number of carbonyl (C=O) groups is 2. The molecule has 0 bridgehead atoms. The summed E-state index contributed by atoms with van der Waals surface area (Å²) in [7, 11) is 0. The number of nitrogens with zero attached hydrogens (tertiary/aromatic N) is 6. The highest BCUT2D eigenvalue weighted by atomic mass is 32.1. The van der Waals surface area contributed by atoms with Crippen molar-refractivity contribution in [2.75, 3.05) is 37.8 Å². The lowest BCUT2D eigenvalue weighted by Gasteiger charge is -2.33. The Hall–Kier alpha value is -4.75. The van der Waals surface area contributed by atoms with Crippen LogP contribution in [-0.4, -0.2) is 49.8 Å². The topological polar surface area (TPSA) is 127 Å². The van der Waals surface area contributed by atoms with Gasteiger partial charge in [-0.1, -0.05) is 75.4 Å². The highest BCUT2D eigenvalue weighted by Gasteiger charge is 2.23. The molecular weight excluding hydrogens is 685 g/mol. The van der Waals surface area contributed by atoms with E-state index in [0.29, 0.717) is 25.0 Å². The van der Waals surface area contributed by atoms with E-state index in [-0.39, 0.29) is 11.4 Å². The van der Waals surface area contributed by atoms with Crippen molar-refractivity contribution in [2.24, 2.45) is 25.9 Å². The number of unbranched alkanes of at least 4 members (excludes halogenated alkanes) is 5. The normalized spacial score (nSPS) is 11.7. The molecule has 4 aromatic rings. The summed E-state index contributed by atoms with van der Waals surface area (Å²) in [5.74, 6) is 0.0402. The minimum Gasteiger partial charge on any atom is -0.494 e. The first-order valence-corrected chi connectivity index (χ1v) is 18.7. The highest BCUT2D eigenvalue weighted by Crippen LogP contribution is 2.39. The molecule has 51 heavy (non-hydrogen) atoms. The van der Waals surface area contributed by atoms with Gasteiger partial charge in [-0.25, -0.2) is 14.6 Å². The van der Waals surface area contributed by atoms with E-state index in [1.165, 1.54) is 34.8 Å². The molecule has 0 unspecified atom stereocenters. The second kappa shape index (κ2) is 20.2. The van der Waals surface area contributed by atoms with E-state index in [2.05, 4.69) is 64.3 Å². The summed E-state index contributed by atoms with van der Waals surface area (Å²) >= 11 is 2.91. The Labute approximate surface area is 307 Å². The van der Waals surface area contributed by atoms with Gasteiger partial charge in [0, 0.05) is 36.3 Å². The molecule has 0 radical (unpaired) electrons. The van der Waals surface area contributed by atoms with Crippen LogP contribution in [0.25, 0.3) is 9.53 Å². The molecule has 4 rings (SSSR count). The monoisotopic (exact) mass is 730 g/mol. The zero-order valence-corrected chi connectivity index (χ0v) is 31.2. The molecule has 13 heteroatoms. The van der Waals surface area contributed by atoms with Gasteiger partial charge in [0.05, 0.1) is 35.9 Å². The molecule has 0 saturated carbocycles. The van der Waals surface area contributed by atoms with Gasteiger partial charge in [-0.15, -0.1) is 20.5 Å². The van der Waals surface area contributed by atoms with Gasteiger partial charge in [-0.3, -0.25) is 0 Å². The molecule has 11 nitrogen and oxygen atoms in total. The Morgan fingerprint density at radius 3 is 2.06 bits per heavy atom. The summed E-state index contributed by atoms with van der Waals surface area (Å²) in [5.41, 5.74) is 2.29. The van der Waals surface area contributed by atoms with E-state index >= 15 is 0 Å². The van der Waals surface area contributed by atoms with Crippen LogP contribution in [0, 0.1) is 5.41 Å². The number of esters is 2. The third-order valence-electron chi connectivity index (χ3n) is 7.62. The zero-order valence-electron chi connectivity index (χ0n) is 29.6. The standard InChI is InChI=1S/C38H46N6O5S2/c1-6-34(45)48-24-14-12-10-9-11-13-23-47-31-21-17-29(18-22-31)40-42-33-25-32-36(51-33)39-37(50-32)43-41-28-15-19-30(20-16-28)44(8-3)26-38(4,5)27-49-35(46)7-2/h6-7,15-22,25H,1-2,8-14,23-24,26-27H2,3-5H3. The van der Waals surface area contributed by atoms with Gasteiger partial charge in [0.1, 0.15) is 15.6 Å². The van der Waals surface area contributed by atoms with Crippen molar-refractivity contribution in [3.63, 3.8) is 0 Å². The van der Waals surface area contributed by atoms with Crippen molar-refractivity contribution in [1.82, 2.24) is 4.98 Å². The molecule has 0 atom stereocenters. The van der Waals surface area contributed by atoms with Crippen LogP contribution in [0.5, 0.6) is 5.75 Å². The minimum atomic E-state index is -0.411. The van der Waals surface area contributed by atoms with Crippen LogP contribution in [0.1, 0.15) is 59.3 Å². The second-order valence-corrected chi connectivity index (χ2v) is 14.5. The molecular formula is C38H46N6O5S2. The first-order chi connectivity index (χ1) is 24.7. The van der Waals surface area contributed by atoms with Gasteiger partial charge >= 0.3 is 11.9 Å². The Morgan fingerprint density at radius 1 is 0.804 bits per heavy atom. The van der Waals surface area contributed by atoms with Crippen LogP contribution in [-0.2, 0) is 19.1 Å². The lowest BCUT2D eigenvalue weighted by Crippen LogP contribution is -2.37. The van der Waals surface area contributed by atoms with E-state index in [0.717, 1.165) is 89.0 Å². The minimum absolute atomic E-state index is 0.233. The zero-order chi connectivity index (χ0) is 36.5. The number of fused-ring (bicyclic) bond motifs is 1. The number of anilines is 1. The smallest absolute Gasteiger partial charge is 0.330 e. The fourth-order valence-electron chi connectivity index (χ4n) is 4.96. The van der Waals surface area contributed by atoms with Crippen LogP contribution in [0.3, 0.4) is 0 Å². The number of ether oxygens (including phenoxy) is 3. The first-order valence-electron chi connectivity index (χ1n) is 17.1. The van der Waals surface area contributed by atoms with Crippen molar-refractivity contribution in [3.8, 4) is 5.75 Å². The molecule has 0 saturated heterocycles. The van der Waals surface area contributed by atoms with E-state index in [4.69, 9.17) is 14.2 Å². The fourth-order valence-corrected chi connectivity index (χ4v) is 6.81. The Balaban J connectivity index is 1.19. The summed E-state index contributed by atoms with van der Waals surface area (Å²) in [6, 6.07) is 17.5. The van der Waals surface area contributed by atoms with Crippen LogP contribution >= 0.6 is 22.7 Å². The molecule has 0 aliphatic rings. The van der Waals surface area contributed by atoms with E-state index in [9.17, 15) is 9.59 Å². The lowest BCUT2D eigenvalue weighted by atomic mass is 9.93. The number of carbonyl (C=O) groups excluding carboxylic acids is 2. The van der Waals surface area contributed by atoms with Crippen molar-refractivity contribution in [2.45, 2.75) is 59.3 Å². The largest absolute Gasteiger partial charge is 0.494 e. The molecule has 0 aliphatic carbocycles. The highest BCUT2D eigenvalue weighted by molar-refractivity contribution is 7.30. The maximum atomic E-state index is 11.5. The third kappa shape index (κ3) is 13.5. The molecule has 2 aromatic carbocycles. The molecule has 0 amide bonds. The number of azo groups is 2. The average molecular weight is 731 g/mol. The SMILES string of the molecule is C=CC(=O)OCCCCCCCCOc1ccc(N=Nc2cc3sc(N=Nc4ccc(N(CC)CC(C)(C)COC(=O)C=C)cc4)nc3s2)cc1. The van der Waals surface area contributed by atoms with Gasteiger partial charge in [-0.2, -0.15) is 0 Å². The van der Waals surface area contributed by atoms with E-state index in [1.54, 1.807) is 0 Å². The van der Waals surface area contributed by atoms with Crippen molar-refractivity contribution >= 4 is 71.3 Å². The average Bonchev–Trinajstić information content (AvgIpc) is 3.71. The predicted molar refractivity (Wildman–Crippen MR) is 206 cm³/mol. The van der Waals surface area contributed by atoms with Gasteiger partial charge in [-0.05, 0) is 74.4 Å². The maximum absolute atomic E-state index is 11.5. The first kappa shape index (κ1) is 39.0. The summed E-state index contributed by atoms with van der Waals surface area (Å²) in [5, 5.41) is 18.9. The summed E-state index contributed by atoms with van der Waals surface area (Å²) in [6.07, 6.45) is 8.64. The number of aromatic nitrogens is 1. The number of hydrogen-bond donors (Lipinski definition) is 0. The summed E-state index contributed by atoms with van der Waals surface area (Å²) in [6.45, 7) is 16.0. The lowest BCUT2D eigenvalue weighted by molar-refractivity contribution is -0.140. The van der Waals surface area contributed by atoms with Gasteiger partial charge in [0.15, 0.2) is 0 Å². The van der Waals surface area contributed by atoms with Crippen LogP contribution in [0.4, 0.5) is 27.2 Å². The van der Waals surface area contributed by atoms with Crippen molar-refractivity contribution in [3.05, 3.63) is 79.9 Å². The number of thiophene rings is 1. The van der Waals surface area contributed by atoms with Crippen molar-refractivity contribution in [1.29, 1.82) is 0 Å². The van der Waals surface area contributed by atoms with Crippen LogP contribution in [0.15, 0.2) is 100 Å². The fraction of sp³-hybridized carbons (Fsp3) is 0.395. The Morgan fingerprint density at radius 2 is 1.41 bits per heavy atom. The number of benzene rings is 2. The molecule has 270 valence electrons. The predicted octanol–water partition coefficient (Wildman–Crippen LogP) is 11.2. The molecule has 0 N–H and O–H groups in total. The maximum Gasteiger partial charge on any atom is 0.330 e. The van der Waals surface area contributed by atoms with Crippen LogP contribution < -0.4 is 9.64 Å². The molecule has 0 aliphatic heterocycles. The molecule has 0 fully saturated rings. The van der Waals surface area contributed by atoms with Gasteiger partial charge in [0.2, 0.25) is 5.13 Å². The summed E-state index contributed by atoms with van der Waals surface area (Å²) < 4.78 is 17.1. The van der Waals surface area contributed by atoms with Crippen LogP contribution in [0.2, 0.25) is 0 Å². The van der Waals surface area contributed by atoms with Gasteiger partial charge < -0.3 is 19.1 Å². The quantitative estimate of drug-likeness (QED) is 0.0341. The number of rotatable bonds is 22. The molecule has 2 aromatic heterocycles. The third-order valence-corrected chi connectivity index (χ3v) is 9.55. The number of hydrogen-bond acceptors (Lipinski definition) is 13.